The van der Waals surface area contributed by atoms with Gasteiger partial charge in [0.1, 0.15) is 0 Å². The van der Waals surface area contributed by atoms with Crippen molar-refractivity contribution in [3.05, 3.63) is 35.4 Å². The van der Waals surface area contributed by atoms with E-state index in [1.165, 1.54) is 5.56 Å². The lowest BCUT2D eigenvalue weighted by Crippen LogP contribution is -2.47. The largest absolute Gasteiger partial charge is 0.481 e. The second kappa shape index (κ2) is 4.66. The van der Waals surface area contributed by atoms with Crippen LogP contribution < -0.4 is 0 Å². The summed E-state index contributed by atoms with van der Waals surface area (Å²) >= 11 is 0. The molecule has 0 aliphatic heterocycles. The van der Waals surface area contributed by atoms with E-state index in [1.54, 1.807) is 0 Å². The van der Waals surface area contributed by atoms with Gasteiger partial charge >= 0.3 is 5.97 Å². The van der Waals surface area contributed by atoms with Crippen molar-refractivity contribution >= 4 is 5.97 Å². The maximum absolute atomic E-state index is 11.6. The first-order valence-corrected chi connectivity index (χ1v) is 7.14. The van der Waals surface area contributed by atoms with Crippen molar-refractivity contribution in [2.24, 2.45) is 5.92 Å². The van der Waals surface area contributed by atoms with Gasteiger partial charge in [-0.25, -0.2) is 0 Å². The van der Waals surface area contributed by atoms with Crippen molar-refractivity contribution in [1.82, 2.24) is 0 Å². The van der Waals surface area contributed by atoms with E-state index in [0.29, 0.717) is 5.92 Å². The predicted molar refractivity (Wildman–Crippen MR) is 77.5 cm³/mol. The zero-order valence-electron chi connectivity index (χ0n) is 12.4. The average molecular weight is 260 g/mol. The monoisotopic (exact) mass is 260 g/mol. The summed E-state index contributed by atoms with van der Waals surface area (Å²) in [5.74, 6) is -0.0981. The SMILES string of the molecule is CCC1CC(C(=O)O)(c2ccc(C(C)(C)C)cc2)C1. The number of hydrogen-bond donors (Lipinski definition) is 1. The maximum atomic E-state index is 11.6. The molecule has 1 aromatic carbocycles. The van der Waals surface area contributed by atoms with Crippen LogP contribution >= 0.6 is 0 Å². The number of rotatable bonds is 3. The van der Waals surface area contributed by atoms with Gasteiger partial charge in [-0.3, -0.25) is 4.79 Å². The lowest BCUT2D eigenvalue weighted by molar-refractivity contribution is -0.149. The van der Waals surface area contributed by atoms with Gasteiger partial charge < -0.3 is 5.11 Å². The molecule has 0 spiro atoms. The maximum Gasteiger partial charge on any atom is 0.314 e. The van der Waals surface area contributed by atoms with Crippen LogP contribution in [0, 0.1) is 5.92 Å². The second-order valence-electron chi connectivity index (χ2n) is 6.90. The molecule has 1 fully saturated rings. The topological polar surface area (TPSA) is 37.3 Å². The zero-order chi connectivity index (χ0) is 14.3. The summed E-state index contributed by atoms with van der Waals surface area (Å²) in [7, 11) is 0. The highest BCUT2D eigenvalue weighted by molar-refractivity contribution is 5.82. The number of benzene rings is 1. The number of aliphatic carboxylic acids is 1. The number of carboxylic acid groups (broad SMARTS) is 1. The molecule has 2 heteroatoms. The molecule has 1 saturated carbocycles. The molecule has 2 nitrogen and oxygen atoms in total. The molecule has 0 saturated heterocycles. The van der Waals surface area contributed by atoms with Crippen LogP contribution in [0.3, 0.4) is 0 Å². The molecule has 0 unspecified atom stereocenters. The van der Waals surface area contributed by atoms with Crippen LogP contribution in [0.5, 0.6) is 0 Å². The lowest BCUT2D eigenvalue weighted by Gasteiger charge is -2.44. The van der Waals surface area contributed by atoms with Crippen molar-refractivity contribution in [3.63, 3.8) is 0 Å². The Morgan fingerprint density at radius 1 is 1.26 bits per heavy atom. The standard InChI is InChI=1S/C17H24O2/c1-5-12-10-17(11-12,15(18)19)14-8-6-13(7-9-14)16(2,3)4/h6-9,12H,5,10-11H2,1-4H3,(H,18,19). The predicted octanol–water partition coefficient (Wildman–Crippen LogP) is 4.13. The highest BCUT2D eigenvalue weighted by Crippen LogP contribution is 2.49. The quantitative estimate of drug-likeness (QED) is 0.887. The minimum Gasteiger partial charge on any atom is -0.481 e. The van der Waals surface area contributed by atoms with Gasteiger partial charge in [-0.1, -0.05) is 58.4 Å². The van der Waals surface area contributed by atoms with Crippen molar-refractivity contribution in [2.75, 3.05) is 0 Å². The van der Waals surface area contributed by atoms with Gasteiger partial charge in [0.15, 0.2) is 0 Å². The van der Waals surface area contributed by atoms with Crippen molar-refractivity contribution in [1.29, 1.82) is 0 Å². The van der Waals surface area contributed by atoms with E-state index in [2.05, 4.69) is 39.8 Å². The molecule has 0 amide bonds. The molecule has 1 aromatic rings. The van der Waals surface area contributed by atoms with E-state index in [-0.39, 0.29) is 5.41 Å². The van der Waals surface area contributed by atoms with Crippen LogP contribution in [0.15, 0.2) is 24.3 Å². The summed E-state index contributed by atoms with van der Waals surface area (Å²) in [6.07, 6.45) is 2.65. The molecule has 0 bridgehead atoms. The summed E-state index contributed by atoms with van der Waals surface area (Å²) in [4.78, 5) is 11.6. The van der Waals surface area contributed by atoms with Crippen LogP contribution in [0.4, 0.5) is 0 Å². The Labute approximate surface area is 115 Å². The molecule has 0 heterocycles. The first-order chi connectivity index (χ1) is 8.79. The summed E-state index contributed by atoms with van der Waals surface area (Å²) in [5.41, 5.74) is 1.71. The van der Waals surface area contributed by atoms with Gasteiger partial charge in [-0.05, 0) is 35.3 Å². The van der Waals surface area contributed by atoms with Crippen LogP contribution in [-0.2, 0) is 15.6 Å². The molecule has 104 valence electrons. The third kappa shape index (κ3) is 2.41. The van der Waals surface area contributed by atoms with E-state index >= 15 is 0 Å². The Bertz CT molecular complexity index is 459. The van der Waals surface area contributed by atoms with Gasteiger partial charge in [-0.15, -0.1) is 0 Å². The fraction of sp³-hybridized carbons (Fsp3) is 0.588. The molecular weight excluding hydrogens is 236 g/mol. The van der Waals surface area contributed by atoms with E-state index in [9.17, 15) is 9.90 Å². The Hall–Kier alpha value is -1.31. The van der Waals surface area contributed by atoms with Gasteiger partial charge in [-0.2, -0.15) is 0 Å². The van der Waals surface area contributed by atoms with Crippen LogP contribution in [-0.4, -0.2) is 11.1 Å². The first-order valence-electron chi connectivity index (χ1n) is 7.14. The summed E-state index contributed by atoms with van der Waals surface area (Å²) in [6, 6.07) is 8.19. The molecular formula is C17H24O2. The van der Waals surface area contributed by atoms with E-state index in [1.807, 2.05) is 12.1 Å². The van der Waals surface area contributed by atoms with Gasteiger partial charge in [0, 0.05) is 0 Å². The third-order valence-electron chi connectivity index (χ3n) is 4.56. The number of hydrogen-bond acceptors (Lipinski definition) is 1. The van der Waals surface area contributed by atoms with Gasteiger partial charge in [0.2, 0.25) is 0 Å². The highest BCUT2D eigenvalue weighted by Gasteiger charge is 2.50. The average Bonchev–Trinajstić information content (AvgIpc) is 2.27. The molecule has 1 N–H and O–H groups in total. The Morgan fingerprint density at radius 3 is 2.16 bits per heavy atom. The summed E-state index contributed by atoms with van der Waals surface area (Å²) < 4.78 is 0. The molecule has 1 aliphatic carbocycles. The molecule has 0 atom stereocenters. The lowest BCUT2D eigenvalue weighted by atomic mass is 9.58. The Balaban J connectivity index is 2.28. The molecule has 1 aliphatic rings. The Kier molecular flexibility index (Phi) is 3.46. The van der Waals surface area contributed by atoms with Crippen LogP contribution in [0.1, 0.15) is 58.1 Å². The summed E-state index contributed by atoms with van der Waals surface area (Å²) in [6.45, 7) is 8.65. The van der Waals surface area contributed by atoms with E-state index in [0.717, 1.165) is 24.8 Å². The van der Waals surface area contributed by atoms with Crippen LogP contribution in [0.25, 0.3) is 0 Å². The fourth-order valence-electron chi connectivity index (χ4n) is 3.04. The first kappa shape index (κ1) is 14.1. The highest BCUT2D eigenvalue weighted by atomic mass is 16.4. The normalized spacial score (nSPS) is 26.8. The number of carbonyl (C=O) groups is 1. The van der Waals surface area contributed by atoms with E-state index < -0.39 is 11.4 Å². The molecule has 0 radical (unpaired) electrons. The molecule has 0 aromatic heterocycles. The number of carboxylic acids is 1. The van der Waals surface area contributed by atoms with E-state index in [4.69, 9.17) is 0 Å². The van der Waals surface area contributed by atoms with Gasteiger partial charge in [0.05, 0.1) is 5.41 Å². The minimum absolute atomic E-state index is 0.112. The van der Waals surface area contributed by atoms with Gasteiger partial charge in [0.25, 0.3) is 0 Å². The van der Waals surface area contributed by atoms with Crippen molar-refractivity contribution in [3.8, 4) is 0 Å². The molecule has 19 heavy (non-hydrogen) atoms. The smallest absolute Gasteiger partial charge is 0.314 e. The van der Waals surface area contributed by atoms with Crippen molar-refractivity contribution in [2.45, 2.75) is 57.8 Å². The fourth-order valence-corrected chi connectivity index (χ4v) is 3.04. The third-order valence-corrected chi connectivity index (χ3v) is 4.56. The molecule has 2 rings (SSSR count). The zero-order valence-corrected chi connectivity index (χ0v) is 12.4. The Morgan fingerprint density at radius 2 is 1.79 bits per heavy atom. The van der Waals surface area contributed by atoms with Crippen molar-refractivity contribution < 1.29 is 9.90 Å². The second-order valence-corrected chi connectivity index (χ2v) is 6.90. The minimum atomic E-state index is -0.666. The van der Waals surface area contributed by atoms with Crippen LogP contribution in [0.2, 0.25) is 0 Å². The summed E-state index contributed by atoms with van der Waals surface area (Å²) in [5, 5.41) is 9.58.